The number of carbonyl (C=O) groups is 3. The van der Waals surface area contributed by atoms with Crippen molar-refractivity contribution in [3.63, 3.8) is 0 Å². The fourth-order valence-electron chi connectivity index (χ4n) is 14.2. The minimum atomic E-state index is -3.78. The molecule has 5 aromatic heterocycles. The molecule has 4 aliphatic heterocycles. The van der Waals surface area contributed by atoms with E-state index in [0.29, 0.717) is 105 Å². The van der Waals surface area contributed by atoms with Crippen molar-refractivity contribution in [1.29, 1.82) is 0 Å². The maximum atomic E-state index is 13.7. The predicted molar refractivity (Wildman–Crippen MR) is 432 cm³/mol. The fraction of sp³-hybridized carbons (Fsp3) is 0.299. The Labute approximate surface area is 654 Å². The summed E-state index contributed by atoms with van der Waals surface area (Å²) in [6.45, 7) is 13.6. The number of thiazole rings is 1. The molecule has 4 aliphatic rings. The van der Waals surface area contributed by atoms with E-state index in [1.165, 1.54) is 78.7 Å². The molecule has 3 amide bonds. The number of benzene rings is 6. The summed E-state index contributed by atoms with van der Waals surface area (Å²) in [4.78, 5) is 71.7. The van der Waals surface area contributed by atoms with Crippen molar-refractivity contribution in [2.45, 2.75) is 91.8 Å². The van der Waals surface area contributed by atoms with Gasteiger partial charge >= 0.3 is 0 Å². The highest BCUT2D eigenvalue weighted by atomic mass is 35.5. The predicted octanol–water partition coefficient (Wildman–Crippen LogP) is 12.6. The molecule has 1 unspecified atom stereocenters. The number of nitrogens with zero attached hydrogens (tertiary/aromatic N) is 13. The molecule has 6 aromatic carbocycles. The SMILES string of the molecule is CC(C(=O)N1CCN(c2ccc(S(=O)(=O)Nc3ccncn3)cc2)CC1)n1ccc2ccc(F)cc21.C[C@H](C(=O)N1CCC(O)(c2ccc(S(=O)(=O)Nc3nccs3)cc2)CC1)n1ccc2ccc(Cl)cc21.Cc1nccc(NS(=O)(=O)c2ccc(N3CCN(C(=O)[C@@H](C)N4CCCc5cc(F)ccc54)CC3)cc2)n1.[HH].[HH].[HH].[HH].[HH].[HH]. The fourth-order valence-corrected chi connectivity index (χ4v) is 18.1. The Bertz CT molecular complexity index is 5510. The van der Waals surface area contributed by atoms with Gasteiger partial charge in [-0.25, -0.2) is 59.0 Å². The lowest BCUT2D eigenvalue weighted by Crippen LogP contribution is -2.55. The van der Waals surface area contributed by atoms with Crippen molar-refractivity contribution >= 4 is 126 Å². The monoisotopic (exact) mass is 1600 g/mol. The highest BCUT2D eigenvalue weighted by molar-refractivity contribution is 7.93. The smallest absolute Gasteiger partial charge is 0.263 e. The number of fused-ring (bicyclic) bond motifs is 3. The number of hydrogen-bond acceptors (Lipinski definition) is 19. The van der Waals surface area contributed by atoms with Gasteiger partial charge in [0.1, 0.15) is 53.5 Å². The lowest BCUT2D eigenvalue weighted by Gasteiger charge is -2.41. The number of aromatic nitrogens is 7. The summed E-state index contributed by atoms with van der Waals surface area (Å²) < 4.78 is 114. The van der Waals surface area contributed by atoms with Crippen LogP contribution in [0.2, 0.25) is 5.02 Å². The Kier molecular flexibility index (Phi) is 23.2. The highest BCUT2D eigenvalue weighted by Gasteiger charge is 2.38. The van der Waals surface area contributed by atoms with E-state index < -0.39 is 47.8 Å². The van der Waals surface area contributed by atoms with Crippen LogP contribution in [0.25, 0.3) is 21.8 Å². The lowest BCUT2D eigenvalue weighted by molar-refractivity contribution is -0.139. The molecule has 33 heteroatoms. The number of halogens is 3. The van der Waals surface area contributed by atoms with Gasteiger partial charge in [-0.2, -0.15) is 0 Å². The van der Waals surface area contributed by atoms with Crippen LogP contribution in [-0.4, -0.2) is 175 Å². The minimum absolute atomic E-state index is 0. The summed E-state index contributed by atoms with van der Waals surface area (Å²) in [5, 5.41) is 15.8. The topological polar surface area (TPSA) is 304 Å². The number of hydrogen-bond donors (Lipinski definition) is 4. The van der Waals surface area contributed by atoms with Gasteiger partial charge in [-0.1, -0.05) is 29.8 Å². The zero-order valence-corrected chi connectivity index (χ0v) is 64.5. The lowest BCUT2D eigenvalue weighted by atomic mass is 9.84. The summed E-state index contributed by atoms with van der Waals surface area (Å²) >= 11 is 7.35. The zero-order valence-electron chi connectivity index (χ0n) is 60.5. The van der Waals surface area contributed by atoms with Crippen molar-refractivity contribution in [1.82, 2.24) is 48.8 Å². The van der Waals surface area contributed by atoms with Crippen LogP contribution in [0.15, 0.2) is 209 Å². The molecule has 0 spiro atoms. The Morgan fingerprint density at radius 2 is 1.04 bits per heavy atom. The van der Waals surface area contributed by atoms with Crippen LogP contribution in [0, 0.1) is 18.6 Å². The molecule has 110 heavy (non-hydrogen) atoms. The van der Waals surface area contributed by atoms with Gasteiger partial charge in [0.25, 0.3) is 30.1 Å². The van der Waals surface area contributed by atoms with Crippen LogP contribution in [0.4, 0.5) is 42.6 Å². The Hall–Kier alpha value is -10.6. The van der Waals surface area contributed by atoms with Gasteiger partial charge in [0.05, 0.1) is 31.3 Å². The molecule has 26 nitrogen and oxygen atoms in total. The standard InChI is InChI=1S/C27H31FN6O3S.C25H25ClN4O4S2.C25H25FN6O3S.6H2/c1-19(34-13-3-4-21-18-22(28)5-10-25(21)34)27(35)33-16-14-32(15-17-33)23-6-8-24(9-7-23)38(36,37)31-26-11-12-29-20(2)30-26;1-17(30-12-8-18-2-5-20(26)16-22(18)30)23(31)29-13-9-25(32,10-14-29)19-3-6-21(7-4-19)36(33,34)28-24-27-11-15-35-24;1-18(32-11-9-19-2-3-20(26)16-23(19)32)25(33)31-14-12-30(13-15-31)21-4-6-22(7-5-21)36(34,35)29-24-8-10-27-17-28-24;;;;;;/h5-12,18-19H,3-4,13-17H2,1-2H3,(H,29,30,31);2-8,11-12,15-17,32H,9-10,13-14H2,1H3,(H,27,28);2-11,16-18H,12-15H2,1H3,(H,27,28,29);6*1H/t19-;17-;;;;;;;/m11......./s1. The van der Waals surface area contributed by atoms with Gasteiger partial charge in [0.15, 0.2) is 5.13 Å². The second kappa shape index (κ2) is 32.9. The van der Waals surface area contributed by atoms with E-state index in [0.717, 1.165) is 58.3 Å². The summed E-state index contributed by atoms with van der Waals surface area (Å²) in [6, 6.07) is 40.1. The molecule has 0 radical (unpaired) electrons. The molecule has 9 heterocycles. The van der Waals surface area contributed by atoms with Crippen molar-refractivity contribution in [3.05, 3.63) is 228 Å². The zero-order chi connectivity index (χ0) is 77.7. The molecule has 11 aromatic rings. The molecule has 3 fully saturated rings. The minimum Gasteiger partial charge on any atom is -0.385 e. The largest absolute Gasteiger partial charge is 0.385 e. The first-order valence-corrected chi connectivity index (χ1v) is 41.4. The van der Waals surface area contributed by atoms with Gasteiger partial charge < -0.3 is 43.6 Å². The van der Waals surface area contributed by atoms with Crippen molar-refractivity contribution in [2.75, 3.05) is 101 Å². The number of piperidine rings is 1. The van der Waals surface area contributed by atoms with Crippen molar-refractivity contribution in [3.8, 4) is 0 Å². The summed E-state index contributed by atoms with van der Waals surface area (Å²) in [6.07, 6.45) is 11.9. The van der Waals surface area contributed by atoms with E-state index in [-0.39, 0.29) is 70.3 Å². The van der Waals surface area contributed by atoms with E-state index >= 15 is 0 Å². The molecular weight excluding hydrogens is 1510 g/mol. The molecule has 586 valence electrons. The number of nitrogens with one attached hydrogen (secondary N) is 3. The number of rotatable bonds is 18. The van der Waals surface area contributed by atoms with Crippen LogP contribution in [0.5, 0.6) is 0 Å². The summed E-state index contributed by atoms with van der Waals surface area (Å²) in [5.41, 5.74) is 4.75. The third kappa shape index (κ3) is 17.6. The molecule has 4 N–H and O–H groups in total. The Balaban J connectivity index is 0.000000235. The van der Waals surface area contributed by atoms with Crippen molar-refractivity contribution in [2.24, 2.45) is 0 Å². The van der Waals surface area contributed by atoms with Crippen LogP contribution in [0.3, 0.4) is 0 Å². The second-order valence-electron chi connectivity index (χ2n) is 27.2. The third-order valence-corrected chi connectivity index (χ3v) is 25.4. The number of carbonyl (C=O) groups excluding carboxylic acids is 3. The van der Waals surface area contributed by atoms with Gasteiger partial charge in [-0.15, -0.1) is 11.3 Å². The molecule has 0 bridgehead atoms. The number of amides is 3. The maximum absolute atomic E-state index is 13.7. The molecular formula is C77H93ClF2N16O10S4. The van der Waals surface area contributed by atoms with Crippen LogP contribution in [0.1, 0.15) is 77.6 Å². The number of piperazine rings is 2. The Morgan fingerprint density at radius 3 is 1.58 bits per heavy atom. The molecule has 0 aliphatic carbocycles. The maximum Gasteiger partial charge on any atom is 0.263 e. The van der Waals surface area contributed by atoms with Crippen molar-refractivity contribution < 1.29 is 62.1 Å². The Morgan fingerprint density at radius 1 is 0.536 bits per heavy atom. The number of aryl methyl sites for hydroxylation is 2. The van der Waals surface area contributed by atoms with Gasteiger partial charge in [-0.3, -0.25) is 28.5 Å². The second-order valence-corrected chi connectivity index (χ2v) is 33.6. The summed E-state index contributed by atoms with van der Waals surface area (Å²) in [5.74, 6) is 0.331. The van der Waals surface area contributed by atoms with E-state index in [9.17, 15) is 53.5 Å². The molecule has 0 saturated carbocycles. The molecule has 3 saturated heterocycles. The number of likely N-dealkylation sites (tertiary alicyclic amines) is 1. The molecule has 15 rings (SSSR count). The first-order valence-electron chi connectivity index (χ1n) is 35.7. The summed E-state index contributed by atoms with van der Waals surface area (Å²) in [7, 11) is -11.3. The van der Waals surface area contributed by atoms with Crippen LogP contribution >= 0.6 is 22.9 Å². The number of aliphatic hydroxyl groups is 1. The third-order valence-electron chi connectivity index (χ3n) is 20.2. The number of sulfonamides is 3. The first kappa shape index (κ1) is 77.5. The van der Waals surface area contributed by atoms with E-state index in [1.54, 1.807) is 96.1 Å². The van der Waals surface area contributed by atoms with Crippen LogP contribution < -0.4 is 28.9 Å². The van der Waals surface area contributed by atoms with Gasteiger partial charge in [0.2, 0.25) is 17.7 Å². The van der Waals surface area contributed by atoms with E-state index in [4.69, 9.17) is 11.6 Å². The average molecular weight is 1600 g/mol. The van der Waals surface area contributed by atoms with Gasteiger partial charge in [0, 0.05) is 139 Å². The normalized spacial score (nSPS) is 16.2. The number of anilines is 6. The highest BCUT2D eigenvalue weighted by Crippen LogP contribution is 2.37. The van der Waals surface area contributed by atoms with Gasteiger partial charge in [-0.05, 0) is 209 Å². The van der Waals surface area contributed by atoms with E-state index in [2.05, 4.69) is 53.8 Å². The first-order chi connectivity index (χ1) is 52.7. The van der Waals surface area contributed by atoms with E-state index in [1.807, 2.05) is 82.4 Å². The van der Waals surface area contributed by atoms with Crippen LogP contribution in [-0.2, 0) is 56.5 Å². The average Bonchev–Trinajstić information content (AvgIpc) is 1.42. The molecule has 3 atom stereocenters. The quantitative estimate of drug-likeness (QED) is 0.0620.